The lowest BCUT2D eigenvalue weighted by atomic mass is 9.69. The van der Waals surface area contributed by atoms with Gasteiger partial charge in [0.25, 0.3) is 0 Å². The third-order valence-electron chi connectivity index (χ3n) is 4.41. The molecule has 1 nitrogen and oxygen atoms in total. The molecule has 0 spiro atoms. The molecule has 1 fully saturated rings. The summed E-state index contributed by atoms with van der Waals surface area (Å²) in [5.74, 6) is 1.58. The first kappa shape index (κ1) is 12.7. The van der Waals surface area contributed by atoms with Crippen molar-refractivity contribution in [2.45, 2.75) is 38.6 Å². The number of benzene rings is 2. The highest BCUT2D eigenvalue weighted by atomic mass is 14.9. The molecule has 0 aliphatic heterocycles. The molecule has 0 radical (unpaired) electrons. The van der Waals surface area contributed by atoms with E-state index in [1.807, 2.05) is 0 Å². The van der Waals surface area contributed by atoms with Gasteiger partial charge in [-0.2, -0.15) is 0 Å². The van der Waals surface area contributed by atoms with Gasteiger partial charge in [0.15, 0.2) is 0 Å². The molecular weight excluding hydrogens is 230 g/mol. The summed E-state index contributed by atoms with van der Waals surface area (Å²) in [5, 5.41) is 6.31. The van der Waals surface area contributed by atoms with Crippen molar-refractivity contribution in [2.75, 3.05) is 6.54 Å². The maximum atomic E-state index is 3.58. The molecule has 1 heteroatoms. The predicted molar refractivity (Wildman–Crippen MR) is 82.6 cm³/mol. The Morgan fingerprint density at radius 3 is 2.53 bits per heavy atom. The number of rotatable bonds is 4. The van der Waals surface area contributed by atoms with Gasteiger partial charge >= 0.3 is 0 Å². The number of nitrogens with one attached hydrogen (secondary N) is 1. The highest BCUT2D eigenvalue weighted by molar-refractivity contribution is 5.83. The first-order valence-corrected chi connectivity index (χ1v) is 7.46. The highest BCUT2D eigenvalue weighted by Crippen LogP contribution is 2.42. The molecule has 0 aromatic heterocycles. The number of hydrogen-bond acceptors (Lipinski definition) is 1. The molecule has 1 N–H and O–H groups in total. The number of hydrogen-bond donors (Lipinski definition) is 1. The lowest BCUT2D eigenvalue weighted by molar-refractivity contribution is 0.241. The SMILES string of the molecule is CC(C)NCC1CCC1c1ccc2ccccc2c1. The van der Waals surface area contributed by atoms with Crippen molar-refractivity contribution >= 4 is 10.8 Å². The standard InChI is InChI=1S/C18H23N/c1-13(2)19-12-17-9-10-18(17)16-8-7-14-5-3-4-6-15(14)11-16/h3-8,11,13,17-19H,9-10,12H2,1-2H3. The Kier molecular flexibility index (Phi) is 3.56. The van der Waals surface area contributed by atoms with Gasteiger partial charge in [-0.1, -0.05) is 56.3 Å². The summed E-state index contributed by atoms with van der Waals surface area (Å²) >= 11 is 0. The van der Waals surface area contributed by atoms with Crippen LogP contribution in [0, 0.1) is 5.92 Å². The van der Waals surface area contributed by atoms with Crippen molar-refractivity contribution in [1.82, 2.24) is 5.32 Å². The van der Waals surface area contributed by atoms with Crippen molar-refractivity contribution in [3.8, 4) is 0 Å². The van der Waals surface area contributed by atoms with E-state index >= 15 is 0 Å². The molecule has 3 rings (SSSR count). The van der Waals surface area contributed by atoms with E-state index in [0.717, 1.165) is 18.4 Å². The second-order valence-electron chi connectivity index (χ2n) is 6.11. The van der Waals surface area contributed by atoms with Crippen LogP contribution in [0.1, 0.15) is 38.2 Å². The second-order valence-corrected chi connectivity index (χ2v) is 6.11. The zero-order valence-corrected chi connectivity index (χ0v) is 11.9. The zero-order chi connectivity index (χ0) is 13.2. The van der Waals surface area contributed by atoms with Gasteiger partial charge in [0.1, 0.15) is 0 Å². The van der Waals surface area contributed by atoms with E-state index < -0.39 is 0 Å². The lowest BCUT2D eigenvalue weighted by Gasteiger charge is -2.38. The second kappa shape index (κ2) is 5.34. The molecule has 2 aromatic carbocycles. The van der Waals surface area contributed by atoms with E-state index in [9.17, 15) is 0 Å². The molecule has 0 amide bonds. The summed E-state index contributed by atoms with van der Waals surface area (Å²) in [4.78, 5) is 0. The van der Waals surface area contributed by atoms with Crippen molar-refractivity contribution < 1.29 is 0 Å². The summed E-state index contributed by atoms with van der Waals surface area (Å²) in [5.41, 5.74) is 1.53. The first-order chi connectivity index (χ1) is 9.24. The van der Waals surface area contributed by atoms with Crippen LogP contribution in [0.5, 0.6) is 0 Å². The summed E-state index contributed by atoms with van der Waals surface area (Å²) in [6.07, 6.45) is 2.72. The Balaban J connectivity index is 1.76. The molecule has 1 aliphatic carbocycles. The third kappa shape index (κ3) is 2.66. The van der Waals surface area contributed by atoms with E-state index in [-0.39, 0.29) is 0 Å². The third-order valence-corrected chi connectivity index (χ3v) is 4.41. The average molecular weight is 253 g/mol. The molecule has 19 heavy (non-hydrogen) atoms. The van der Waals surface area contributed by atoms with Crippen LogP contribution >= 0.6 is 0 Å². The van der Waals surface area contributed by atoms with Crippen molar-refractivity contribution in [2.24, 2.45) is 5.92 Å². The lowest BCUT2D eigenvalue weighted by Crippen LogP contribution is -2.36. The topological polar surface area (TPSA) is 12.0 Å². The van der Waals surface area contributed by atoms with Crippen molar-refractivity contribution in [3.63, 3.8) is 0 Å². The summed E-state index contributed by atoms with van der Waals surface area (Å²) in [6.45, 7) is 5.61. The van der Waals surface area contributed by atoms with Crippen LogP contribution in [-0.2, 0) is 0 Å². The first-order valence-electron chi connectivity index (χ1n) is 7.46. The highest BCUT2D eigenvalue weighted by Gasteiger charge is 2.31. The van der Waals surface area contributed by atoms with Gasteiger partial charge in [0, 0.05) is 6.04 Å². The molecule has 1 aliphatic rings. The quantitative estimate of drug-likeness (QED) is 0.855. The summed E-state index contributed by atoms with van der Waals surface area (Å²) < 4.78 is 0. The van der Waals surface area contributed by atoms with Crippen LogP contribution in [0.4, 0.5) is 0 Å². The summed E-state index contributed by atoms with van der Waals surface area (Å²) in [7, 11) is 0. The van der Waals surface area contributed by atoms with Crippen LogP contribution in [0.25, 0.3) is 10.8 Å². The molecule has 1 saturated carbocycles. The average Bonchev–Trinajstić information content (AvgIpc) is 2.37. The Bertz CT molecular complexity index is 558. The van der Waals surface area contributed by atoms with Crippen LogP contribution in [-0.4, -0.2) is 12.6 Å². The Morgan fingerprint density at radius 2 is 1.84 bits per heavy atom. The Hall–Kier alpha value is -1.34. The smallest absolute Gasteiger partial charge is 0.00104 e. The van der Waals surface area contributed by atoms with Crippen LogP contribution in [0.2, 0.25) is 0 Å². The van der Waals surface area contributed by atoms with E-state index in [1.54, 1.807) is 0 Å². The van der Waals surface area contributed by atoms with Gasteiger partial charge in [-0.15, -0.1) is 0 Å². The normalized spacial score (nSPS) is 22.7. The molecule has 2 aromatic rings. The monoisotopic (exact) mass is 253 g/mol. The van der Waals surface area contributed by atoms with Crippen LogP contribution in [0.15, 0.2) is 42.5 Å². The van der Waals surface area contributed by atoms with E-state index in [4.69, 9.17) is 0 Å². The van der Waals surface area contributed by atoms with E-state index in [2.05, 4.69) is 61.6 Å². The maximum Gasteiger partial charge on any atom is 0.00104 e. The van der Waals surface area contributed by atoms with Crippen LogP contribution < -0.4 is 5.32 Å². The fraction of sp³-hybridized carbons (Fsp3) is 0.444. The van der Waals surface area contributed by atoms with E-state index in [1.165, 1.54) is 29.2 Å². The minimum absolute atomic E-state index is 0.595. The Morgan fingerprint density at radius 1 is 1.05 bits per heavy atom. The van der Waals surface area contributed by atoms with Gasteiger partial charge in [0.05, 0.1) is 0 Å². The molecule has 100 valence electrons. The van der Waals surface area contributed by atoms with Gasteiger partial charge in [-0.05, 0) is 47.6 Å². The predicted octanol–water partition coefficient (Wildman–Crippen LogP) is 4.33. The van der Waals surface area contributed by atoms with Gasteiger partial charge in [0.2, 0.25) is 0 Å². The fourth-order valence-corrected chi connectivity index (χ4v) is 3.08. The maximum absolute atomic E-state index is 3.58. The summed E-state index contributed by atoms with van der Waals surface area (Å²) in [6, 6.07) is 16.2. The van der Waals surface area contributed by atoms with Gasteiger partial charge in [-0.3, -0.25) is 0 Å². The largest absolute Gasteiger partial charge is 0.314 e. The van der Waals surface area contributed by atoms with E-state index in [0.29, 0.717) is 6.04 Å². The number of fused-ring (bicyclic) bond motifs is 1. The minimum Gasteiger partial charge on any atom is -0.314 e. The van der Waals surface area contributed by atoms with Gasteiger partial charge < -0.3 is 5.32 Å². The van der Waals surface area contributed by atoms with Crippen LogP contribution in [0.3, 0.4) is 0 Å². The van der Waals surface area contributed by atoms with Gasteiger partial charge in [-0.25, -0.2) is 0 Å². The molecule has 0 heterocycles. The molecule has 2 atom stereocenters. The molecule has 0 bridgehead atoms. The molecular formula is C18H23N. The fourth-order valence-electron chi connectivity index (χ4n) is 3.08. The zero-order valence-electron chi connectivity index (χ0n) is 11.9. The van der Waals surface area contributed by atoms with Crippen molar-refractivity contribution in [1.29, 1.82) is 0 Å². The van der Waals surface area contributed by atoms with Crippen molar-refractivity contribution in [3.05, 3.63) is 48.0 Å². The molecule has 0 saturated heterocycles. The Labute approximate surface area is 116 Å². The molecule has 2 unspecified atom stereocenters. The minimum atomic E-state index is 0.595.